The van der Waals surface area contributed by atoms with Crippen molar-refractivity contribution in [3.05, 3.63) is 65.5 Å². The van der Waals surface area contributed by atoms with Crippen LogP contribution in [0.25, 0.3) is 0 Å². The predicted octanol–water partition coefficient (Wildman–Crippen LogP) is 2.92. The Hall–Kier alpha value is -1.96. The van der Waals surface area contributed by atoms with Gasteiger partial charge in [-0.1, -0.05) is 35.9 Å². The first-order valence-electron chi connectivity index (χ1n) is 5.70. The number of benzene rings is 1. The second-order valence-electron chi connectivity index (χ2n) is 4.22. The highest BCUT2D eigenvalue weighted by molar-refractivity contribution is 5.63. The first-order chi connectivity index (χ1) is 8.29. The van der Waals surface area contributed by atoms with Crippen molar-refractivity contribution in [3.8, 4) is 0 Å². The molecule has 1 atom stereocenters. The largest absolute Gasteiger partial charge is 0.303 e. The van der Waals surface area contributed by atoms with Gasteiger partial charge in [-0.3, -0.25) is 4.98 Å². The second-order valence-corrected chi connectivity index (χ2v) is 4.22. The molecular formula is C15H15NO. The van der Waals surface area contributed by atoms with E-state index in [0.29, 0.717) is 6.42 Å². The zero-order valence-corrected chi connectivity index (χ0v) is 9.84. The highest BCUT2D eigenvalue weighted by atomic mass is 16.1. The van der Waals surface area contributed by atoms with Crippen molar-refractivity contribution in [1.29, 1.82) is 0 Å². The molecule has 2 rings (SSSR count). The van der Waals surface area contributed by atoms with E-state index in [0.717, 1.165) is 17.4 Å². The molecule has 1 aromatic heterocycles. The predicted molar refractivity (Wildman–Crippen MR) is 67.9 cm³/mol. The normalized spacial score (nSPS) is 12.1. The Morgan fingerprint density at radius 1 is 1.29 bits per heavy atom. The van der Waals surface area contributed by atoms with Crippen LogP contribution in [0.2, 0.25) is 0 Å². The minimum absolute atomic E-state index is 0.0842. The standard InChI is InChI=1S/C15H15NO/c1-12-4-2-6-14(8-12)15(11-17)9-13-5-3-7-16-10-13/h2-8,10-11,15H,9H2,1H3. The molecule has 0 aliphatic rings. The van der Waals surface area contributed by atoms with Gasteiger partial charge >= 0.3 is 0 Å². The second kappa shape index (κ2) is 5.39. The van der Waals surface area contributed by atoms with Crippen LogP contribution in [0.15, 0.2) is 48.8 Å². The lowest BCUT2D eigenvalue weighted by Gasteiger charge is -2.11. The van der Waals surface area contributed by atoms with Gasteiger partial charge in [0.05, 0.1) is 0 Å². The number of rotatable bonds is 4. The molecule has 0 amide bonds. The van der Waals surface area contributed by atoms with E-state index in [4.69, 9.17) is 0 Å². The third-order valence-corrected chi connectivity index (χ3v) is 2.81. The molecule has 0 fully saturated rings. The molecule has 86 valence electrons. The summed E-state index contributed by atoms with van der Waals surface area (Å²) in [7, 11) is 0. The van der Waals surface area contributed by atoms with Crippen LogP contribution in [0.5, 0.6) is 0 Å². The molecule has 0 bridgehead atoms. The molecule has 0 saturated heterocycles. The first kappa shape index (κ1) is 11.5. The van der Waals surface area contributed by atoms with Crippen LogP contribution >= 0.6 is 0 Å². The van der Waals surface area contributed by atoms with E-state index in [2.05, 4.69) is 11.1 Å². The van der Waals surface area contributed by atoms with Gasteiger partial charge in [-0.2, -0.15) is 0 Å². The lowest BCUT2D eigenvalue weighted by Crippen LogP contribution is -2.04. The summed E-state index contributed by atoms with van der Waals surface area (Å²) >= 11 is 0. The minimum Gasteiger partial charge on any atom is -0.303 e. The van der Waals surface area contributed by atoms with Gasteiger partial charge < -0.3 is 4.79 Å². The van der Waals surface area contributed by atoms with Crippen LogP contribution in [0, 0.1) is 6.92 Å². The maximum Gasteiger partial charge on any atom is 0.127 e. The number of pyridine rings is 1. The molecule has 0 radical (unpaired) electrons. The Morgan fingerprint density at radius 3 is 2.82 bits per heavy atom. The van der Waals surface area contributed by atoms with Gasteiger partial charge in [-0.15, -0.1) is 0 Å². The van der Waals surface area contributed by atoms with Crippen LogP contribution in [0.3, 0.4) is 0 Å². The van der Waals surface area contributed by atoms with Crippen molar-refractivity contribution in [2.24, 2.45) is 0 Å². The number of aryl methyl sites for hydroxylation is 1. The van der Waals surface area contributed by atoms with Crippen LogP contribution in [-0.2, 0) is 11.2 Å². The van der Waals surface area contributed by atoms with E-state index in [-0.39, 0.29) is 5.92 Å². The summed E-state index contributed by atoms with van der Waals surface area (Å²) in [6.45, 7) is 2.04. The molecule has 0 N–H and O–H groups in total. The van der Waals surface area contributed by atoms with E-state index in [1.165, 1.54) is 5.56 Å². The quantitative estimate of drug-likeness (QED) is 0.749. The van der Waals surface area contributed by atoms with Crippen LogP contribution in [0.1, 0.15) is 22.6 Å². The molecule has 0 aliphatic carbocycles. The first-order valence-corrected chi connectivity index (χ1v) is 5.70. The third-order valence-electron chi connectivity index (χ3n) is 2.81. The number of nitrogens with zero attached hydrogens (tertiary/aromatic N) is 1. The lowest BCUT2D eigenvalue weighted by molar-refractivity contribution is -0.109. The molecule has 2 nitrogen and oxygen atoms in total. The summed E-state index contributed by atoms with van der Waals surface area (Å²) in [5, 5.41) is 0. The zero-order chi connectivity index (χ0) is 12.1. The van der Waals surface area contributed by atoms with E-state index >= 15 is 0 Å². The summed E-state index contributed by atoms with van der Waals surface area (Å²) in [6, 6.07) is 12.0. The Kier molecular flexibility index (Phi) is 3.66. The van der Waals surface area contributed by atoms with Crippen molar-refractivity contribution < 1.29 is 4.79 Å². The summed E-state index contributed by atoms with van der Waals surface area (Å²) in [5.41, 5.74) is 3.34. The molecule has 0 aliphatic heterocycles. The van der Waals surface area contributed by atoms with Gasteiger partial charge in [0.1, 0.15) is 6.29 Å². The smallest absolute Gasteiger partial charge is 0.127 e. The zero-order valence-electron chi connectivity index (χ0n) is 9.84. The number of hydrogen-bond donors (Lipinski definition) is 0. The Morgan fingerprint density at radius 2 is 2.18 bits per heavy atom. The minimum atomic E-state index is -0.0842. The average molecular weight is 225 g/mol. The average Bonchev–Trinajstić information content (AvgIpc) is 2.37. The summed E-state index contributed by atoms with van der Waals surface area (Å²) in [4.78, 5) is 15.3. The number of hydrogen-bond acceptors (Lipinski definition) is 2. The molecule has 2 aromatic rings. The molecule has 2 heteroatoms. The maximum absolute atomic E-state index is 11.2. The fourth-order valence-electron chi connectivity index (χ4n) is 1.92. The summed E-state index contributed by atoms with van der Waals surface area (Å²) < 4.78 is 0. The molecule has 1 heterocycles. The van der Waals surface area contributed by atoms with Crippen molar-refractivity contribution in [2.75, 3.05) is 0 Å². The third kappa shape index (κ3) is 3.00. The fourth-order valence-corrected chi connectivity index (χ4v) is 1.92. The SMILES string of the molecule is Cc1cccc(C(C=O)Cc2cccnc2)c1. The van der Waals surface area contributed by atoms with Crippen molar-refractivity contribution in [3.63, 3.8) is 0 Å². The Labute approximate surface area is 101 Å². The molecule has 0 spiro atoms. The lowest BCUT2D eigenvalue weighted by atomic mass is 9.93. The Bertz CT molecular complexity index is 493. The molecule has 1 aromatic carbocycles. The van der Waals surface area contributed by atoms with Gasteiger partial charge in [0, 0.05) is 18.3 Å². The fraction of sp³-hybridized carbons (Fsp3) is 0.200. The van der Waals surface area contributed by atoms with Crippen molar-refractivity contribution in [2.45, 2.75) is 19.3 Å². The molecule has 1 unspecified atom stereocenters. The topological polar surface area (TPSA) is 30.0 Å². The molecule has 0 saturated carbocycles. The highest BCUT2D eigenvalue weighted by Crippen LogP contribution is 2.19. The Balaban J connectivity index is 2.20. The van der Waals surface area contributed by atoms with Gasteiger partial charge in [0.2, 0.25) is 0 Å². The van der Waals surface area contributed by atoms with E-state index in [1.807, 2.05) is 43.5 Å². The van der Waals surface area contributed by atoms with E-state index < -0.39 is 0 Å². The van der Waals surface area contributed by atoms with Gasteiger partial charge in [0.25, 0.3) is 0 Å². The highest BCUT2D eigenvalue weighted by Gasteiger charge is 2.11. The summed E-state index contributed by atoms with van der Waals surface area (Å²) in [6.07, 6.45) is 5.28. The van der Waals surface area contributed by atoms with E-state index in [1.54, 1.807) is 6.20 Å². The van der Waals surface area contributed by atoms with Crippen molar-refractivity contribution in [1.82, 2.24) is 4.98 Å². The van der Waals surface area contributed by atoms with E-state index in [9.17, 15) is 4.79 Å². The van der Waals surface area contributed by atoms with Crippen LogP contribution in [0.4, 0.5) is 0 Å². The maximum atomic E-state index is 11.2. The molecular weight excluding hydrogens is 210 g/mol. The number of carbonyl (C=O) groups is 1. The van der Waals surface area contributed by atoms with Crippen LogP contribution in [-0.4, -0.2) is 11.3 Å². The number of aromatic nitrogens is 1. The van der Waals surface area contributed by atoms with Crippen molar-refractivity contribution >= 4 is 6.29 Å². The monoisotopic (exact) mass is 225 g/mol. The number of carbonyl (C=O) groups excluding carboxylic acids is 1. The summed E-state index contributed by atoms with van der Waals surface area (Å²) in [5.74, 6) is -0.0842. The van der Waals surface area contributed by atoms with Gasteiger partial charge in [-0.05, 0) is 30.5 Å². The van der Waals surface area contributed by atoms with Crippen LogP contribution < -0.4 is 0 Å². The van der Waals surface area contributed by atoms with Gasteiger partial charge in [0.15, 0.2) is 0 Å². The van der Waals surface area contributed by atoms with Gasteiger partial charge in [-0.25, -0.2) is 0 Å². The number of aldehydes is 1. The molecule has 17 heavy (non-hydrogen) atoms.